The number of nitrogens with zero attached hydrogens (tertiary/aromatic N) is 4. The quantitative estimate of drug-likeness (QED) is 0.0711. The van der Waals surface area contributed by atoms with Crippen LogP contribution in [0, 0.1) is 58.2 Å². The number of fused-ring (bicyclic) bond motifs is 3. The maximum atomic E-state index is 14.2. The smallest absolute Gasteiger partial charge is 0.284 e. The molecule has 0 aliphatic heterocycles. The largest absolute Gasteiger partial charge is 0.432 e. The summed E-state index contributed by atoms with van der Waals surface area (Å²) in [4.78, 5) is 41.1. The SMILES string of the molecule is O=C(c1cnc(-c2nc3cc4cc5oc(-c6ncc(C(=O)c7c(F)c(F)c(F)c(F)c7F)o6)nc5cc4cc3o2)o1)c1c(F)c(F)c(F)c(F)c1F. The molecule has 4 heterocycles. The Hall–Kier alpha value is -6.86. The number of halogens is 10. The highest BCUT2D eigenvalue weighted by Gasteiger charge is 2.34. The number of rotatable bonds is 6. The van der Waals surface area contributed by atoms with Gasteiger partial charge in [0.05, 0.1) is 12.4 Å². The van der Waals surface area contributed by atoms with E-state index < -0.39 is 104 Å². The summed E-state index contributed by atoms with van der Waals surface area (Å²) in [6, 6.07) is 5.94. The van der Waals surface area contributed by atoms with Crippen LogP contribution in [0.4, 0.5) is 43.9 Å². The number of aromatic nitrogens is 4. The highest BCUT2D eigenvalue weighted by atomic mass is 19.2. The Labute approximate surface area is 276 Å². The lowest BCUT2D eigenvalue weighted by Gasteiger charge is -2.05. The van der Waals surface area contributed by atoms with Gasteiger partial charge in [0.25, 0.3) is 23.6 Å². The van der Waals surface area contributed by atoms with Crippen LogP contribution < -0.4 is 0 Å². The number of oxazole rings is 4. The summed E-state index contributed by atoms with van der Waals surface area (Å²) in [5.74, 6) is -30.6. The van der Waals surface area contributed by atoms with Gasteiger partial charge >= 0.3 is 0 Å². The summed E-state index contributed by atoms with van der Waals surface area (Å²) in [5.41, 5.74) is -2.94. The van der Waals surface area contributed by atoms with Gasteiger partial charge in [0.2, 0.25) is 23.2 Å². The van der Waals surface area contributed by atoms with Crippen molar-refractivity contribution < 1.29 is 71.2 Å². The summed E-state index contributed by atoms with van der Waals surface area (Å²) in [6.07, 6.45) is 1.34. The first-order valence-electron chi connectivity index (χ1n) is 13.9. The molecule has 0 aliphatic carbocycles. The van der Waals surface area contributed by atoms with E-state index >= 15 is 0 Å². The van der Waals surface area contributed by atoms with E-state index in [9.17, 15) is 53.5 Å². The third-order valence-electron chi connectivity index (χ3n) is 7.55. The monoisotopic (exact) mass is 732 g/mol. The Kier molecular flexibility index (Phi) is 7.05. The molecule has 52 heavy (non-hydrogen) atoms. The third-order valence-corrected chi connectivity index (χ3v) is 7.55. The third kappa shape index (κ3) is 4.74. The fourth-order valence-electron chi connectivity index (χ4n) is 5.09. The van der Waals surface area contributed by atoms with Gasteiger partial charge in [-0.25, -0.2) is 63.8 Å². The van der Waals surface area contributed by atoms with Crippen LogP contribution in [0.25, 0.3) is 56.5 Å². The average Bonchev–Trinajstić information content (AvgIpc) is 3.95. The lowest BCUT2D eigenvalue weighted by molar-refractivity contribution is 0.0991. The molecule has 0 spiro atoms. The van der Waals surface area contributed by atoms with E-state index in [1.165, 1.54) is 24.3 Å². The first kappa shape index (κ1) is 32.4. The molecule has 8 rings (SSSR count). The van der Waals surface area contributed by atoms with Gasteiger partial charge in [-0.05, 0) is 35.0 Å². The second-order valence-corrected chi connectivity index (χ2v) is 10.6. The van der Waals surface area contributed by atoms with Crippen molar-refractivity contribution in [3.05, 3.63) is 117 Å². The number of ketones is 2. The van der Waals surface area contributed by atoms with Crippen molar-refractivity contribution in [1.29, 1.82) is 0 Å². The lowest BCUT2D eigenvalue weighted by atomic mass is 10.1. The van der Waals surface area contributed by atoms with Crippen molar-refractivity contribution in [3.8, 4) is 23.6 Å². The summed E-state index contributed by atoms with van der Waals surface area (Å²) in [7, 11) is 0. The number of hydrogen-bond acceptors (Lipinski definition) is 10. The van der Waals surface area contributed by atoms with Crippen molar-refractivity contribution in [2.45, 2.75) is 0 Å². The molecule has 0 amide bonds. The average molecular weight is 732 g/mol. The molecule has 10 nitrogen and oxygen atoms in total. The molecule has 0 saturated carbocycles. The highest BCUT2D eigenvalue weighted by molar-refractivity contribution is 6.08. The minimum atomic E-state index is -2.45. The second kappa shape index (κ2) is 11.3. The molecule has 0 radical (unpaired) electrons. The highest BCUT2D eigenvalue weighted by Crippen LogP contribution is 2.34. The zero-order valence-corrected chi connectivity index (χ0v) is 24.5. The van der Waals surface area contributed by atoms with Crippen LogP contribution in [0.2, 0.25) is 0 Å². The standard InChI is InChI=1S/C32H6F10N4O6/c33-17-15(18(34)22(38)25(41)21(17)37)27(47)13-5-43-29(51-13)31-45-9-1-7-3-12-10(2-8(7)4-11(9)49-31)46-32(50-12)30-44-6-14(52-30)28(48)16-19(35)23(39)26(42)24(40)20(16)36/h1-6H. The number of benzene rings is 4. The van der Waals surface area contributed by atoms with Gasteiger partial charge in [-0.2, -0.15) is 0 Å². The minimum Gasteiger partial charge on any atom is -0.432 e. The molecular formula is C32H6F10N4O6. The van der Waals surface area contributed by atoms with Crippen LogP contribution in [0.15, 0.2) is 54.3 Å². The van der Waals surface area contributed by atoms with Crippen LogP contribution in [0.3, 0.4) is 0 Å². The molecule has 0 atom stereocenters. The maximum absolute atomic E-state index is 14.2. The molecule has 0 fully saturated rings. The van der Waals surface area contributed by atoms with E-state index in [1.807, 2.05) is 0 Å². The minimum absolute atomic E-state index is 0.111. The number of hydrogen-bond donors (Lipinski definition) is 0. The molecule has 0 unspecified atom stereocenters. The second-order valence-electron chi connectivity index (χ2n) is 10.6. The van der Waals surface area contributed by atoms with Gasteiger partial charge in [0, 0.05) is 0 Å². The zero-order chi connectivity index (χ0) is 36.9. The van der Waals surface area contributed by atoms with Crippen molar-refractivity contribution in [3.63, 3.8) is 0 Å². The molecule has 0 aliphatic rings. The molecule has 4 aromatic heterocycles. The molecule has 0 N–H and O–H groups in total. The molecule has 4 aromatic carbocycles. The van der Waals surface area contributed by atoms with Crippen LogP contribution in [-0.4, -0.2) is 31.5 Å². The van der Waals surface area contributed by atoms with Gasteiger partial charge in [-0.1, -0.05) is 0 Å². The molecule has 0 saturated heterocycles. The van der Waals surface area contributed by atoms with Gasteiger partial charge in [-0.3, -0.25) is 9.59 Å². The van der Waals surface area contributed by atoms with E-state index in [0.29, 0.717) is 23.2 Å². The fourth-order valence-corrected chi connectivity index (χ4v) is 5.09. The zero-order valence-electron chi connectivity index (χ0n) is 24.5. The topological polar surface area (TPSA) is 138 Å². The predicted octanol–water partition coefficient (Wildman–Crippen LogP) is 8.29. The van der Waals surface area contributed by atoms with Gasteiger partial charge in [0.1, 0.15) is 22.2 Å². The van der Waals surface area contributed by atoms with Gasteiger partial charge in [-0.15, -0.1) is 0 Å². The normalized spacial score (nSPS) is 11.8. The van der Waals surface area contributed by atoms with Crippen LogP contribution in [-0.2, 0) is 0 Å². The van der Waals surface area contributed by atoms with Crippen LogP contribution in [0.1, 0.15) is 32.2 Å². The lowest BCUT2D eigenvalue weighted by Crippen LogP contribution is -2.13. The van der Waals surface area contributed by atoms with E-state index in [0.717, 1.165) is 0 Å². The van der Waals surface area contributed by atoms with Crippen LogP contribution >= 0.6 is 0 Å². The molecule has 0 bridgehead atoms. The number of carbonyl (C=O) groups excluding carboxylic acids is 2. The Morgan fingerprint density at radius 2 is 0.750 bits per heavy atom. The summed E-state index contributed by atoms with van der Waals surface area (Å²) in [5, 5.41) is 0.929. The Bertz CT molecular complexity index is 2560. The first-order valence-corrected chi connectivity index (χ1v) is 13.9. The molecule has 260 valence electrons. The van der Waals surface area contributed by atoms with Gasteiger partial charge in [0.15, 0.2) is 69.2 Å². The Morgan fingerprint density at radius 3 is 1.10 bits per heavy atom. The first-order chi connectivity index (χ1) is 24.7. The van der Waals surface area contributed by atoms with Crippen molar-refractivity contribution in [2.75, 3.05) is 0 Å². The Balaban J connectivity index is 1.09. The van der Waals surface area contributed by atoms with E-state index in [-0.39, 0.29) is 34.0 Å². The van der Waals surface area contributed by atoms with E-state index in [2.05, 4.69) is 19.9 Å². The van der Waals surface area contributed by atoms with Crippen molar-refractivity contribution in [2.24, 2.45) is 0 Å². The van der Waals surface area contributed by atoms with Gasteiger partial charge < -0.3 is 17.7 Å². The number of carbonyl (C=O) groups is 2. The molecule has 20 heteroatoms. The predicted molar refractivity (Wildman–Crippen MR) is 149 cm³/mol. The summed E-state index contributed by atoms with van der Waals surface area (Å²) < 4.78 is 160. The summed E-state index contributed by atoms with van der Waals surface area (Å²) in [6.45, 7) is 0. The summed E-state index contributed by atoms with van der Waals surface area (Å²) >= 11 is 0. The maximum Gasteiger partial charge on any atom is 0.284 e. The molecule has 8 aromatic rings. The van der Waals surface area contributed by atoms with E-state index in [4.69, 9.17) is 17.7 Å². The van der Waals surface area contributed by atoms with Crippen molar-refractivity contribution >= 4 is 44.5 Å². The Morgan fingerprint density at radius 1 is 0.423 bits per heavy atom. The van der Waals surface area contributed by atoms with Crippen molar-refractivity contribution in [1.82, 2.24) is 19.9 Å². The van der Waals surface area contributed by atoms with Crippen LogP contribution in [0.5, 0.6) is 0 Å². The fraction of sp³-hybridized carbons (Fsp3) is 0. The van der Waals surface area contributed by atoms with E-state index in [1.54, 1.807) is 0 Å². The molecular weight excluding hydrogens is 726 g/mol.